The van der Waals surface area contributed by atoms with Gasteiger partial charge in [0.05, 0.1) is 29.8 Å². The summed E-state index contributed by atoms with van der Waals surface area (Å²) in [7, 11) is 3.32. The third kappa shape index (κ3) is 4.63. The molecule has 146 valence electrons. The van der Waals surface area contributed by atoms with Crippen molar-refractivity contribution < 1.29 is 9.53 Å². The van der Waals surface area contributed by atoms with E-state index in [1.165, 1.54) is 11.8 Å². The minimum absolute atomic E-state index is 0.0698. The van der Waals surface area contributed by atoms with E-state index in [-0.39, 0.29) is 17.2 Å². The number of nitrogens with zero attached hydrogens (tertiary/aromatic N) is 3. The molecule has 0 aliphatic heterocycles. The summed E-state index contributed by atoms with van der Waals surface area (Å²) in [5.41, 5.74) is 1.28. The van der Waals surface area contributed by atoms with Gasteiger partial charge in [0.25, 0.3) is 5.56 Å². The fraction of sp³-hybridized carbons (Fsp3) is 0.250. The first kappa shape index (κ1) is 20.6. The van der Waals surface area contributed by atoms with Crippen molar-refractivity contribution in [3.8, 4) is 0 Å². The summed E-state index contributed by atoms with van der Waals surface area (Å²) >= 11 is 4.65. The molecule has 0 saturated heterocycles. The van der Waals surface area contributed by atoms with Gasteiger partial charge in [-0.25, -0.2) is 4.98 Å². The number of thioether (sulfide) groups is 1. The zero-order valence-corrected chi connectivity index (χ0v) is 18.0. The summed E-state index contributed by atoms with van der Waals surface area (Å²) in [6, 6.07) is 14.8. The Hall–Kier alpha value is -2.16. The first-order valence-electron chi connectivity index (χ1n) is 8.64. The van der Waals surface area contributed by atoms with E-state index >= 15 is 0 Å². The summed E-state index contributed by atoms with van der Waals surface area (Å²) in [6.07, 6.45) is 0. The number of rotatable bonds is 7. The lowest BCUT2D eigenvalue weighted by Gasteiger charge is -2.18. The molecule has 2 aromatic carbocycles. The summed E-state index contributed by atoms with van der Waals surface area (Å²) in [4.78, 5) is 31.8. The van der Waals surface area contributed by atoms with Gasteiger partial charge in [-0.3, -0.25) is 14.2 Å². The molecule has 3 aromatic rings. The molecule has 0 unspecified atom stereocenters. The number of fused-ring (bicyclic) bond motifs is 1. The smallest absolute Gasteiger partial charge is 0.262 e. The summed E-state index contributed by atoms with van der Waals surface area (Å²) in [5.74, 6) is 0.104. The molecule has 28 heavy (non-hydrogen) atoms. The molecular weight excluding hydrogens is 442 g/mol. The van der Waals surface area contributed by atoms with E-state index in [1.807, 2.05) is 36.4 Å². The molecule has 8 heteroatoms. The largest absolute Gasteiger partial charge is 0.383 e. The Morgan fingerprint density at radius 3 is 2.71 bits per heavy atom. The molecule has 1 heterocycles. The standard InChI is InChI=1S/C20H20BrN3O3S/c1-23(15-6-4-3-5-7-15)18(25)13-28-20-22-17-9-8-14(21)12-16(17)19(26)24(20)10-11-27-2/h3-9,12H,10-11,13H2,1-2H3. The Bertz CT molecular complexity index is 1040. The van der Waals surface area contributed by atoms with Gasteiger partial charge in [-0.05, 0) is 30.3 Å². The highest BCUT2D eigenvalue weighted by Gasteiger charge is 2.16. The zero-order chi connectivity index (χ0) is 20.1. The third-order valence-electron chi connectivity index (χ3n) is 4.24. The quantitative estimate of drug-likeness (QED) is 0.397. The van der Waals surface area contributed by atoms with Gasteiger partial charge in [-0.15, -0.1) is 0 Å². The molecule has 0 aliphatic carbocycles. The van der Waals surface area contributed by atoms with Crippen LogP contribution >= 0.6 is 27.7 Å². The number of carbonyl (C=O) groups is 1. The molecule has 0 atom stereocenters. The van der Waals surface area contributed by atoms with Gasteiger partial charge in [0, 0.05) is 24.3 Å². The van der Waals surface area contributed by atoms with Gasteiger partial charge in [-0.2, -0.15) is 0 Å². The summed E-state index contributed by atoms with van der Waals surface area (Å²) in [5, 5.41) is 1.04. The Kier molecular flexibility index (Phi) is 6.88. The second-order valence-corrected chi connectivity index (χ2v) is 7.94. The van der Waals surface area contributed by atoms with Crippen molar-refractivity contribution in [2.24, 2.45) is 0 Å². The fourth-order valence-corrected chi connectivity index (χ4v) is 3.98. The number of anilines is 1. The number of aromatic nitrogens is 2. The lowest BCUT2D eigenvalue weighted by atomic mass is 10.2. The van der Waals surface area contributed by atoms with Crippen LogP contribution in [0.4, 0.5) is 5.69 Å². The Labute approximate surface area is 175 Å². The Morgan fingerprint density at radius 1 is 1.25 bits per heavy atom. The number of hydrogen-bond acceptors (Lipinski definition) is 5. The molecule has 0 bridgehead atoms. The maximum atomic E-state index is 12.9. The van der Waals surface area contributed by atoms with Crippen LogP contribution in [0.25, 0.3) is 10.9 Å². The average Bonchev–Trinajstić information content (AvgIpc) is 2.72. The number of halogens is 1. The number of methoxy groups -OCH3 is 1. The average molecular weight is 462 g/mol. The minimum Gasteiger partial charge on any atom is -0.383 e. The van der Waals surface area contributed by atoms with Crippen LogP contribution in [0.1, 0.15) is 0 Å². The van der Waals surface area contributed by atoms with E-state index in [4.69, 9.17) is 4.74 Å². The number of amides is 1. The van der Waals surface area contributed by atoms with Crippen molar-refractivity contribution in [2.75, 3.05) is 31.4 Å². The van der Waals surface area contributed by atoms with Crippen LogP contribution in [0, 0.1) is 0 Å². The molecule has 0 N–H and O–H groups in total. The maximum Gasteiger partial charge on any atom is 0.262 e. The summed E-state index contributed by atoms with van der Waals surface area (Å²) in [6.45, 7) is 0.752. The molecule has 3 rings (SSSR count). The van der Waals surface area contributed by atoms with Gasteiger partial charge < -0.3 is 9.64 Å². The molecular formula is C20H20BrN3O3S. The molecule has 0 radical (unpaired) electrons. The maximum absolute atomic E-state index is 12.9. The number of para-hydroxylation sites is 1. The highest BCUT2D eigenvalue weighted by molar-refractivity contribution is 9.10. The first-order chi connectivity index (χ1) is 13.5. The van der Waals surface area contributed by atoms with E-state index in [2.05, 4.69) is 20.9 Å². The number of ether oxygens (including phenoxy) is 1. The van der Waals surface area contributed by atoms with E-state index in [0.717, 1.165) is 10.2 Å². The Morgan fingerprint density at radius 2 is 2.00 bits per heavy atom. The van der Waals surface area contributed by atoms with Crippen molar-refractivity contribution in [1.82, 2.24) is 9.55 Å². The summed E-state index contributed by atoms with van der Waals surface area (Å²) < 4.78 is 7.52. The SMILES string of the molecule is COCCn1c(SCC(=O)N(C)c2ccccc2)nc2ccc(Br)cc2c1=O. The minimum atomic E-state index is -0.144. The number of carbonyl (C=O) groups excluding carboxylic acids is 1. The lowest BCUT2D eigenvalue weighted by Crippen LogP contribution is -2.29. The van der Waals surface area contributed by atoms with Crippen LogP contribution < -0.4 is 10.5 Å². The monoisotopic (exact) mass is 461 g/mol. The second-order valence-electron chi connectivity index (χ2n) is 6.08. The second kappa shape index (κ2) is 9.36. The van der Waals surface area contributed by atoms with E-state index < -0.39 is 0 Å². The van der Waals surface area contributed by atoms with Gasteiger partial charge in [-0.1, -0.05) is 45.9 Å². The van der Waals surface area contributed by atoms with E-state index in [1.54, 1.807) is 35.8 Å². The fourth-order valence-electron chi connectivity index (χ4n) is 2.68. The van der Waals surface area contributed by atoms with Crippen LogP contribution in [-0.4, -0.2) is 42.0 Å². The zero-order valence-electron chi connectivity index (χ0n) is 15.6. The van der Waals surface area contributed by atoms with Crippen LogP contribution in [0.15, 0.2) is 63.0 Å². The highest BCUT2D eigenvalue weighted by atomic mass is 79.9. The molecule has 0 spiro atoms. The van der Waals surface area contributed by atoms with Gasteiger partial charge >= 0.3 is 0 Å². The third-order valence-corrected chi connectivity index (χ3v) is 5.70. The van der Waals surface area contributed by atoms with Gasteiger partial charge in [0.15, 0.2) is 5.16 Å². The molecule has 1 aromatic heterocycles. The number of benzene rings is 2. The molecule has 1 amide bonds. The van der Waals surface area contributed by atoms with Crippen molar-refractivity contribution in [2.45, 2.75) is 11.7 Å². The van der Waals surface area contributed by atoms with Crippen molar-refractivity contribution in [3.63, 3.8) is 0 Å². The molecule has 6 nitrogen and oxygen atoms in total. The van der Waals surface area contributed by atoms with Crippen LogP contribution in [0.5, 0.6) is 0 Å². The van der Waals surface area contributed by atoms with E-state index in [0.29, 0.717) is 29.2 Å². The lowest BCUT2D eigenvalue weighted by molar-refractivity contribution is -0.115. The van der Waals surface area contributed by atoms with Crippen LogP contribution in [0.2, 0.25) is 0 Å². The van der Waals surface area contributed by atoms with Crippen molar-refractivity contribution in [3.05, 3.63) is 63.4 Å². The van der Waals surface area contributed by atoms with Gasteiger partial charge in [0.1, 0.15) is 0 Å². The van der Waals surface area contributed by atoms with Gasteiger partial charge in [0.2, 0.25) is 5.91 Å². The van der Waals surface area contributed by atoms with E-state index in [9.17, 15) is 9.59 Å². The first-order valence-corrected chi connectivity index (χ1v) is 10.4. The van der Waals surface area contributed by atoms with Crippen LogP contribution in [0.3, 0.4) is 0 Å². The van der Waals surface area contributed by atoms with Crippen molar-refractivity contribution in [1.29, 1.82) is 0 Å². The predicted molar refractivity (Wildman–Crippen MR) is 116 cm³/mol. The van der Waals surface area contributed by atoms with Crippen molar-refractivity contribution >= 4 is 50.2 Å². The topological polar surface area (TPSA) is 64.4 Å². The highest BCUT2D eigenvalue weighted by Crippen LogP contribution is 2.22. The molecule has 0 aliphatic rings. The normalized spacial score (nSPS) is 11.0. The predicted octanol–water partition coefficient (Wildman–Crippen LogP) is 3.56. The molecule has 0 fully saturated rings. The number of hydrogen-bond donors (Lipinski definition) is 0. The Balaban J connectivity index is 1.87. The van der Waals surface area contributed by atoms with Crippen LogP contribution in [-0.2, 0) is 16.1 Å². The molecule has 0 saturated carbocycles.